The highest BCUT2D eigenvalue weighted by Gasteiger charge is 2.35. The van der Waals surface area contributed by atoms with E-state index in [0.29, 0.717) is 17.3 Å². The number of carbonyl (C=O) groups is 1. The van der Waals surface area contributed by atoms with Crippen molar-refractivity contribution in [2.75, 3.05) is 20.1 Å². The summed E-state index contributed by atoms with van der Waals surface area (Å²) in [7, 11) is 1.97. The molecule has 0 bridgehead atoms. The molecule has 1 aromatic rings. The molecule has 0 atom stereocenters. The van der Waals surface area contributed by atoms with E-state index in [1.807, 2.05) is 7.05 Å². The van der Waals surface area contributed by atoms with Crippen LogP contribution in [0.5, 0.6) is 0 Å². The van der Waals surface area contributed by atoms with Crippen LogP contribution in [-0.2, 0) is 0 Å². The summed E-state index contributed by atoms with van der Waals surface area (Å²) in [6, 6.07) is 6.36. The Morgan fingerprint density at radius 1 is 1.50 bits per heavy atom. The van der Waals surface area contributed by atoms with E-state index in [0.717, 1.165) is 13.1 Å². The molecule has 0 unspecified atom stereocenters. The molecule has 1 aliphatic rings. The molecule has 0 aromatic heterocycles. The Labute approximate surface area is 125 Å². The smallest absolute Gasteiger partial charge is 0.255 e. The number of likely N-dealkylation sites (tertiary alicyclic amines) is 1. The molecule has 106 valence electrons. The van der Waals surface area contributed by atoms with E-state index in [2.05, 4.69) is 32.2 Å². The molecule has 6 heteroatoms. The molecule has 0 saturated carbocycles. The normalized spacial score (nSPS) is 18.3. The highest BCUT2D eigenvalue weighted by atomic mass is 79.9. The van der Waals surface area contributed by atoms with Crippen LogP contribution in [0.1, 0.15) is 23.2 Å². The van der Waals surface area contributed by atoms with Crippen LogP contribution >= 0.6 is 15.9 Å². The molecule has 0 radical (unpaired) electrons. The first kappa shape index (κ1) is 14.9. The molecule has 1 N–H and O–H groups in total. The summed E-state index contributed by atoms with van der Waals surface area (Å²) in [5, 5.41) is 12.1. The van der Waals surface area contributed by atoms with Crippen molar-refractivity contribution >= 4 is 21.8 Å². The maximum atomic E-state index is 13.7. The Kier molecular flexibility index (Phi) is 4.41. The van der Waals surface area contributed by atoms with Gasteiger partial charge in [0.15, 0.2) is 0 Å². The molecule has 0 spiro atoms. The van der Waals surface area contributed by atoms with Gasteiger partial charge in [-0.3, -0.25) is 4.79 Å². The third-order valence-electron chi connectivity index (χ3n) is 3.58. The Morgan fingerprint density at radius 2 is 2.15 bits per heavy atom. The first-order chi connectivity index (χ1) is 9.46. The lowest BCUT2D eigenvalue weighted by Crippen LogP contribution is -2.53. The fourth-order valence-corrected chi connectivity index (χ4v) is 2.58. The van der Waals surface area contributed by atoms with Crippen LogP contribution in [0, 0.1) is 17.1 Å². The molecule has 2 rings (SSSR count). The van der Waals surface area contributed by atoms with Crippen LogP contribution in [0.25, 0.3) is 0 Å². The Balaban J connectivity index is 2.18. The van der Waals surface area contributed by atoms with Gasteiger partial charge in [0.05, 0.1) is 11.6 Å². The molecule has 1 amide bonds. The SMILES string of the molecule is CN1CCC(C#N)(NC(=O)c2cc(Br)ccc2F)CC1. The number of hydrogen-bond acceptors (Lipinski definition) is 3. The van der Waals surface area contributed by atoms with Gasteiger partial charge < -0.3 is 10.2 Å². The molecule has 0 aliphatic carbocycles. The van der Waals surface area contributed by atoms with Gasteiger partial charge in [0, 0.05) is 17.6 Å². The Morgan fingerprint density at radius 3 is 2.75 bits per heavy atom. The fourth-order valence-electron chi connectivity index (χ4n) is 2.22. The third kappa shape index (κ3) is 3.17. The van der Waals surface area contributed by atoms with Crippen molar-refractivity contribution in [3.63, 3.8) is 0 Å². The van der Waals surface area contributed by atoms with Crippen LogP contribution in [0.3, 0.4) is 0 Å². The zero-order valence-corrected chi connectivity index (χ0v) is 12.7. The summed E-state index contributed by atoms with van der Waals surface area (Å²) in [5.41, 5.74) is -0.953. The second-order valence-corrected chi connectivity index (χ2v) is 5.99. The highest BCUT2D eigenvalue weighted by Crippen LogP contribution is 2.22. The number of benzene rings is 1. The summed E-state index contributed by atoms with van der Waals surface area (Å²) in [4.78, 5) is 14.3. The van der Waals surface area contributed by atoms with Gasteiger partial charge in [-0.05, 0) is 38.1 Å². The van der Waals surface area contributed by atoms with Gasteiger partial charge >= 0.3 is 0 Å². The summed E-state index contributed by atoms with van der Waals surface area (Å²) in [5.74, 6) is -1.14. The first-order valence-electron chi connectivity index (χ1n) is 6.33. The van der Waals surface area contributed by atoms with E-state index in [9.17, 15) is 14.4 Å². The van der Waals surface area contributed by atoms with Crippen molar-refractivity contribution in [3.05, 3.63) is 34.1 Å². The third-order valence-corrected chi connectivity index (χ3v) is 4.07. The van der Waals surface area contributed by atoms with Crippen LogP contribution in [0.15, 0.2) is 22.7 Å². The first-order valence-corrected chi connectivity index (χ1v) is 7.12. The van der Waals surface area contributed by atoms with Crippen molar-refractivity contribution in [2.45, 2.75) is 18.4 Å². The number of hydrogen-bond donors (Lipinski definition) is 1. The lowest BCUT2D eigenvalue weighted by Gasteiger charge is -2.36. The van der Waals surface area contributed by atoms with Crippen molar-refractivity contribution in [1.82, 2.24) is 10.2 Å². The number of carbonyl (C=O) groups excluding carboxylic acids is 1. The summed E-state index contributed by atoms with van der Waals surface area (Å²) in [6.45, 7) is 1.46. The molecular formula is C14H15BrFN3O. The van der Waals surface area contributed by atoms with Gasteiger partial charge in [0.25, 0.3) is 5.91 Å². The van der Waals surface area contributed by atoms with Crippen molar-refractivity contribution in [2.24, 2.45) is 0 Å². The topological polar surface area (TPSA) is 56.1 Å². The van der Waals surface area contributed by atoms with Crippen molar-refractivity contribution < 1.29 is 9.18 Å². The van der Waals surface area contributed by atoms with E-state index >= 15 is 0 Å². The molecule has 1 saturated heterocycles. The van der Waals surface area contributed by atoms with E-state index in [1.165, 1.54) is 18.2 Å². The van der Waals surface area contributed by atoms with E-state index in [1.54, 1.807) is 0 Å². The summed E-state index contributed by atoms with van der Waals surface area (Å²) in [6.07, 6.45) is 1.09. The van der Waals surface area contributed by atoms with Gasteiger partial charge in [0.2, 0.25) is 0 Å². The summed E-state index contributed by atoms with van der Waals surface area (Å²) < 4.78 is 14.3. The monoisotopic (exact) mass is 339 g/mol. The standard InChI is InChI=1S/C14H15BrFN3O/c1-19-6-4-14(9-17,5-7-19)18-13(20)11-8-10(15)2-3-12(11)16/h2-3,8H,4-7H2,1H3,(H,18,20). The molecule has 4 nitrogen and oxygen atoms in total. The zero-order chi connectivity index (χ0) is 14.8. The maximum absolute atomic E-state index is 13.7. The van der Waals surface area contributed by atoms with Gasteiger partial charge in [-0.2, -0.15) is 5.26 Å². The fraction of sp³-hybridized carbons (Fsp3) is 0.429. The minimum Gasteiger partial charge on any atom is -0.334 e. The van der Waals surface area contributed by atoms with Crippen LogP contribution in [0.4, 0.5) is 4.39 Å². The van der Waals surface area contributed by atoms with E-state index in [4.69, 9.17) is 0 Å². The van der Waals surface area contributed by atoms with Crippen molar-refractivity contribution in [3.8, 4) is 6.07 Å². The zero-order valence-electron chi connectivity index (χ0n) is 11.1. The molecule has 1 fully saturated rings. The molecular weight excluding hydrogens is 325 g/mol. The average Bonchev–Trinajstić information content (AvgIpc) is 2.44. The highest BCUT2D eigenvalue weighted by molar-refractivity contribution is 9.10. The maximum Gasteiger partial charge on any atom is 0.255 e. The number of piperidine rings is 1. The average molecular weight is 340 g/mol. The number of rotatable bonds is 2. The minimum absolute atomic E-state index is 0.0482. The van der Waals surface area contributed by atoms with Crippen molar-refractivity contribution in [1.29, 1.82) is 5.26 Å². The van der Waals surface area contributed by atoms with Gasteiger partial charge in [0.1, 0.15) is 11.4 Å². The van der Waals surface area contributed by atoms with Gasteiger partial charge in [-0.25, -0.2) is 4.39 Å². The quantitative estimate of drug-likeness (QED) is 0.899. The minimum atomic E-state index is -0.904. The molecule has 20 heavy (non-hydrogen) atoms. The molecule has 1 aromatic carbocycles. The summed E-state index contributed by atoms with van der Waals surface area (Å²) >= 11 is 3.21. The number of halogens is 2. The molecule has 1 heterocycles. The van der Waals surface area contributed by atoms with Crippen LogP contribution < -0.4 is 5.32 Å². The van der Waals surface area contributed by atoms with Gasteiger partial charge in [-0.1, -0.05) is 15.9 Å². The van der Waals surface area contributed by atoms with E-state index < -0.39 is 17.3 Å². The van der Waals surface area contributed by atoms with Gasteiger partial charge in [-0.15, -0.1) is 0 Å². The Bertz CT molecular complexity index is 562. The lowest BCUT2D eigenvalue weighted by atomic mass is 9.89. The second-order valence-electron chi connectivity index (χ2n) is 5.08. The largest absolute Gasteiger partial charge is 0.334 e. The number of nitrogens with zero attached hydrogens (tertiary/aromatic N) is 2. The second kappa shape index (κ2) is 5.90. The Hall–Kier alpha value is -1.45. The van der Waals surface area contributed by atoms with Crippen LogP contribution in [-0.4, -0.2) is 36.5 Å². The van der Waals surface area contributed by atoms with Crippen LogP contribution in [0.2, 0.25) is 0 Å². The number of amides is 1. The van der Waals surface area contributed by atoms with E-state index in [-0.39, 0.29) is 5.56 Å². The number of nitriles is 1. The lowest BCUT2D eigenvalue weighted by molar-refractivity contribution is 0.0878. The predicted molar refractivity (Wildman–Crippen MR) is 76.6 cm³/mol. The molecule has 1 aliphatic heterocycles. The number of nitrogens with one attached hydrogen (secondary N) is 1. The predicted octanol–water partition coefficient (Wildman–Crippen LogP) is 2.31.